The highest BCUT2D eigenvalue weighted by Gasteiger charge is 2.20. The number of hydrogen-bond donors (Lipinski definition) is 0. The second-order valence-corrected chi connectivity index (χ2v) is 2.93. The van der Waals surface area contributed by atoms with Crippen LogP contribution in [-0.4, -0.2) is 19.2 Å². The van der Waals surface area contributed by atoms with Crippen molar-refractivity contribution >= 4 is 12.6 Å². The van der Waals surface area contributed by atoms with Crippen LogP contribution in [0.2, 0.25) is 0 Å². The fraction of sp³-hybridized carbons (Fsp3) is 0.200. The van der Waals surface area contributed by atoms with Crippen LogP contribution in [0.4, 0.5) is 17.6 Å². The third kappa shape index (κ3) is 3.02. The maximum absolute atomic E-state index is 12.5. The van der Waals surface area contributed by atoms with E-state index in [0.29, 0.717) is 12.1 Å². The third-order valence-electron chi connectivity index (χ3n) is 1.92. The average Bonchev–Trinajstić information content (AvgIpc) is 2.27. The molecule has 3 nitrogen and oxygen atoms in total. The van der Waals surface area contributed by atoms with E-state index in [1.165, 1.54) is 0 Å². The molecule has 0 aliphatic carbocycles. The molecule has 1 aromatic carbocycles. The first kappa shape index (κ1) is 13.1. The number of carbonyl (C=O) groups excluding carboxylic acids is 2. The second kappa shape index (κ2) is 5.42. The van der Waals surface area contributed by atoms with Crippen molar-refractivity contribution in [2.45, 2.75) is 13.0 Å². The summed E-state index contributed by atoms with van der Waals surface area (Å²) in [5.74, 6) is -0.817. The van der Waals surface area contributed by atoms with E-state index in [1.807, 2.05) is 0 Å². The van der Waals surface area contributed by atoms with Crippen molar-refractivity contribution in [2.24, 2.45) is 0 Å². The second-order valence-electron chi connectivity index (χ2n) is 2.93. The summed E-state index contributed by atoms with van der Waals surface area (Å²) in [7, 11) is 0. The van der Waals surface area contributed by atoms with Gasteiger partial charge in [-0.05, 0) is 12.1 Å². The highest BCUT2D eigenvalue weighted by molar-refractivity contribution is 5.91. The Bertz CT molecular complexity index is 432. The molecule has 1 aromatic rings. The molecular weight excluding hydrogens is 244 g/mol. The molecule has 0 radical (unpaired) electrons. The number of halogens is 4. The quantitative estimate of drug-likeness (QED) is 0.596. The van der Waals surface area contributed by atoms with Crippen LogP contribution < -0.4 is 4.74 Å². The van der Waals surface area contributed by atoms with Gasteiger partial charge in [0.05, 0.1) is 5.56 Å². The Balaban J connectivity index is 3.34. The van der Waals surface area contributed by atoms with E-state index in [1.54, 1.807) is 0 Å². The Hall–Kier alpha value is -1.92. The van der Waals surface area contributed by atoms with Crippen molar-refractivity contribution in [3.05, 3.63) is 28.8 Å². The SMILES string of the molecule is O=Cc1cc(OC(F)F)c(C(F)F)cc1C=O. The van der Waals surface area contributed by atoms with Crippen LogP contribution in [0.5, 0.6) is 5.75 Å². The number of hydrogen-bond acceptors (Lipinski definition) is 3. The van der Waals surface area contributed by atoms with Crippen molar-refractivity contribution in [3.8, 4) is 5.75 Å². The van der Waals surface area contributed by atoms with E-state index in [0.717, 1.165) is 0 Å². The molecule has 0 N–H and O–H groups in total. The van der Waals surface area contributed by atoms with Crippen molar-refractivity contribution in [1.29, 1.82) is 0 Å². The minimum absolute atomic E-state index is 0.182. The zero-order valence-corrected chi connectivity index (χ0v) is 8.20. The monoisotopic (exact) mass is 250 g/mol. The maximum Gasteiger partial charge on any atom is 0.387 e. The Morgan fingerprint density at radius 2 is 1.53 bits per heavy atom. The number of aldehydes is 2. The van der Waals surface area contributed by atoms with Crippen LogP contribution in [0.1, 0.15) is 32.7 Å². The van der Waals surface area contributed by atoms with Gasteiger partial charge in [-0.15, -0.1) is 0 Å². The Morgan fingerprint density at radius 3 is 1.94 bits per heavy atom. The number of ether oxygens (including phenoxy) is 1. The predicted molar refractivity (Wildman–Crippen MR) is 48.8 cm³/mol. The summed E-state index contributed by atoms with van der Waals surface area (Å²) >= 11 is 0. The van der Waals surface area contributed by atoms with Gasteiger partial charge in [0.25, 0.3) is 6.43 Å². The lowest BCUT2D eigenvalue weighted by molar-refractivity contribution is -0.0520. The van der Waals surface area contributed by atoms with Crippen LogP contribution >= 0.6 is 0 Å². The Morgan fingerprint density at radius 1 is 1.00 bits per heavy atom. The van der Waals surface area contributed by atoms with E-state index in [4.69, 9.17) is 0 Å². The van der Waals surface area contributed by atoms with E-state index in [2.05, 4.69) is 4.74 Å². The molecule has 1 rings (SSSR count). The van der Waals surface area contributed by atoms with Crippen LogP contribution in [0.3, 0.4) is 0 Å². The van der Waals surface area contributed by atoms with Crippen molar-refractivity contribution in [2.75, 3.05) is 0 Å². The first-order chi connectivity index (χ1) is 7.99. The summed E-state index contributed by atoms with van der Waals surface area (Å²) < 4.78 is 52.8. The van der Waals surface area contributed by atoms with Crippen LogP contribution in [-0.2, 0) is 0 Å². The van der Waals surface area contributed by atoms with Crippen LogP contribution in [0, 0.1) is 0 Å². The van der Waals surface area contributed by atoms with E-state index in [9.17, 15) is 27.2 Å². The molecule has 0 aromatic heterocycles. The van der Waals surface area contributed by atoms with Crippen LogP contribution in [0.15, 0.2) is 12.1 Å². The molecule has 0 spiro atoms. The first-order valence-corrected chi connectivity index (χ1v) is 4.30. The van der Waals surface area contributed by atoms with Gasteiger partial charge in [0.1, 0.15) is 5.75 Å². The highest BCUT2D eigenvalue weighted by atomic mass is 19.3. The molecule has 0 amide bonds. The summed E-state index contributed by atoms with van der Waals surface area (Å²) in [5, 5.41) is 0. The van der Waals surface area contributed by atoms with Crippen molar-refractivity contribution < 1.29 is 31.9 Å². The molecule has 7 heteroatoms. The maximum atomic E-state index is 12.5. The van der Waals surface area contributed by atoms with Gasteiger partial charge in [-0.2, -0.15) is 8.78 Å². The van der Waals surface area contributed by atoms with E-state index < -0.39 is 24.3 Å². The molecule has 0 heterocycles. The van der Waals surface area contributed by atoms with Gasteiger partial charge in [0.2, 0.25) is 0 Å². The summed E-state index contributed by atoms with van der Waals surface area (Å²) in [6.07, 6.45) is -2.72. The fourth-order valence-electron chi connectivity index (χ4n) is 1.20. The fourth-order valence-corrected chi connectivity index (χ4v) is 1.20. The normalized spacial score (nSPS) is 10.7. The summed E-state index contributed by atoms with van der Waals surface area (Å²) in [6, 6.07) is 1.34. The van der Waals surface area contributed by atoms with Crippen molar-refractivity contribution in [3.63, 3.8) is 0 Å². The molecule has 0 atom stereocenters. The summed E-state index contributed by atoms with van der Waals surface area (Å²) in [4.78, 5) is 21.0. The summed E-state index contributed by atoms with van der Waals surface area (Å²) in [6.45, 7) is -3.30. The largest absolute Gasteiger partial charge is 0.434 e. The summed E-state index contributed by atoms with van der Waals surface area (Å²) in [5.41, 5.74) is -1.46. The lowest BCUT2D eigenvalue weighted by Crippen LogP contribution is -2.06. The van der Waals surface area contributed by atoms with Crippen LogP contribution in [0.25, 0.3) is 0 Å². The minimum atomic E-state index is -3.30. The van der Waals surface area contributed by atoms with Gasteiger partial charge in [-0.3, -0.25) is 9.59 Å². The lowest BCUT2D eigenvalue weighted by Gasteiger charge is -2.11. The number of carbonyl (C=O) groups is 2. The van der Waals surface area contributed by atoms with Gasteiger partial charge in [0.15, 0.2) is 12.6 Å². The number of alkyl halides is 4. The highest BCUT2D eigenvalue weighted by Crippen LogP contribution is 2.32. The smallest absolute Gasteiger partial charge is 0.387 e. The third-order valence-corrected chi connectivity index (χ3v) is 1.92. The minimum Gasteiger partial charge on any atom is -0.434 e. The molecule has 0 aliphatic rings. The van der Waals surface area contributed by atoms with Gasteiger partial charge in [0, 0.05) is 11.1 Å². The molecule has 0 bridgehead atoms. The molecule has 0 aliphatic heterocycles. The molecule has 0 unspecified atom stereocenters. The van der Waals surface area contributed by atoms with Gasteiger partial charge < -0.3 is 4.74 Å². The zero-order chi connectivity index (χ0) is 13.0. The molecule has 0 saturated carbocycles. The van der Waals surface area contributed by atoms with E-state index >= 15 is 0 Å². The first-order valence-electron chi connectivity index (χ1n) is 4.30. The van der Waals surface area contributed by atoms with Gasteiger partial charge >= 0.3 is 6.61 Å². The average molecular weight is 250 g/mol. The molecule has 92 valence electrons. The predicted octanol–water partition coefficient (Wildman–Crippen LogP) is 2.85. The Labute approximate surface area is 93.0 Å². The molecule has 17 heavy (non-hydrogen) atoms. The van der Waals surface area contributed by atoms with Gasteiger partial charge in [-0.25, -0.2) is 8.78 Å². The number of benzene rings is 1. The van der Waals surface area contributed by atoms with Crippen molar-refractivity contribution in [1.82, 2.24) is 0 Å². The zero-order valence-electron chi connectivity index (χ0n) is 8.20. The van der Waals surface area contributed by atoms with Gasteiger partial charge in [-0.1, -0.05) is 0 Å². The molecule has 0 fully saturated rings. The van der Waals surface area contributed by atoms with E-state index in [-0.39, 0.29) is 23.7 Å². The lowest BCUT2D eigenvalue weighted by atomic mass is 10.0. The Kier molecular flexibility index (Phi) is 4.19. The topological polar surface area (TPSA) is 43.4 Å². The molecular formula is C10H6F4O3. The standard InChI is InChI=1S/C10H6F4O3/c11-9(12)7-1-5(3-15)6(4-16)2-8(7)17-10(13)14/h1-4,9-10H. The molecule has 0 saturated heterocycles. The number of rotatable bonds is 5.